The molecule has 0 aromatic carbocycles. The largest absolute Gasteiger partial charge is 0.480 e. The smallest absolute Gasteiger partial charge is 0.264 e. The normalized spacial score (nSPS) is 15.9. The maximum absolute atomic E-state index is 13.1. The van der Waals surface area contributed by atoms with E-state index in [4.69, 9.17) is 9.47 Å². The van der Waals surface area contributed by atoms with Gasteiger partial charge < -0.3 is 14.4 Å². The number of rotatable bonds is 6. The Kier molecular flexibility index (Phi) is 6.18. The van der Waals surface area contributed by atoms with Gasteiger partial charge >= 0.3 is 0 Å². The maximum atomic E-state index is 13.1. The molecule has 1 aliphatic heterocycles. The van der Waals surface area contributed by atoms with Gasteiger partial charge in [-0.15, -0.1) is 11.3 Å². The van der Waals surface area contributed by atoms with E-state index in [0.717, 1.165) is 10.9 Å². The molecular weight excluding hydrogens is 404 g/mol. The number of methoxy groups -OCH3 is 2. The zero-order valence-electron chi connectivity index (χ0n) is 16.4. The highest BCUT2D eigenvalue weighted by Crippen LogP contribution is 2.35. The van der Waals surface area contributed by atoms with E-state index in [2.05, 4.69) is 9.97 Å². The highest BCUT2D eigenvalue weighted by atomic mass is 32.2. The van der Waals surface area contributed by atoms with E-state index < -0.39 is 10.0 Å². The third-order valence-corrected chi connectivity index (χ3v) is 7.80. The Hall–Kier alpha value is -1.82. The van der Waals surface area contributed by atoms with Crippen LogP contribution in [0.1, 0.15) is 28.0 Å². The fraction of sp³-hybridized carbons (Fsp3) is 0.588. The molecule has 11 heteroatoms. The maximum Gasteiger partial charge on any atom is 0.264 e. The number of nitrogens with zero attached hydrogens (tertiary/aromatic N) is 4. The van der Waals surface area contributed by atoms with Crippen molar-refractivity contribution in [3.8, 4) is 5.88 Å². The van der Waals surface area contributed by atoms with Crippen molar-refractivity contribution in [3.05, 3.63) is 16.3 Å². The van der Waals surface area contributed by atoms with Crippen LogP contribution in [0.15, 0.2) is 0 Å². The molecule has 1 saturated heterocycles. The van der Waals surface area contributed by atoms with Crippen LogP contribution in [0, 0.1) is 6.92 Å². The van der Waals surface area contributed by atoms with Gasteiger partial charge in [0.15, 0.2) is 5.82 Å². The van der Waals surface area contributed by atoms with Gasteiger partial charge in [0.05, 0.1) is 23.1 Å². The Labute approximate surface area is 168 Å². The Morgan fingerprint density at radius 2 is 1.86 bits per heavy atom. The number of piperazine rings is 1. The highest BCUT2D eigenvalue weighted by molar-refractivity contribution is 7.89. The van der Waals surface area contributed by atoms with E-state index in [1.165, 1.54) is 22.8 Å². The van der Waals surface area contributed by atoms with E-state index >= 15 is 0 Å². The van der Waals surface area contributed by atoms with Gasteiger partial charge in [-0.3, -0.25) is 4.79 Å². The predicted octanol–water partition coefficient (Wildman–Crippen LogP) is 1.26. The van der Waals surface area contributed by atoms with Gasteiger partial charge in [-0.05, 0) is 19.4 Å². The molecule has 1 amide bonds. The Morgan fingerprint density at radius 1 is 1.18 bits per heavy atom. The number of sulfonamides is 1. The van der Waals surface area contributed by atoms with Gasteiger partial charge in [-0.2, -0.15) is 9.29 Å². The van der Waals surface area contributed by atoms with Crippen LogP contribution in [0.3, 0.4) is 0 Å². The second-order valence-corrected chi connectivity index (χ2v) is 9.67. The molecular formula is C17H24N4O5S2. The zero-order chi connectivity index (χ0) is 20.5. The molecule has 0 unspecified atom stereocenters. The lowest BCUT2D eigenvalue weighted by Gasteiger charge is -2.33. The molecule has 3 heterocycles. The summed E-state index contributed by atoms with van der Waals surface area (Å²) in [5, 5.41) is 0.725. The number of hydrogen-bond donors (Lipinski definition) is 0. The molecule has 2 aromatic heterocycles. The standard InChI is InChI=1S/C17H24N4O5S2/c1-5-28(23,24)21-8-6-20(7-9-21)17(22)14-11(2)13-15(26-4)18-12(10-25-3)19-16(13)27-14/h5-10H2,1-4H3. The Balaban J connectivity index is 1.87. The SMILES string of the molecule is CCS(=O)(=O)N1CCN(C(=O)c2sc3nc(COC)nc(OC)c3c2C)CC1. The average Bonchev–Trinajstić information content (AvgIpc) is 3.03. The molecule has 2 aromatic rings. The van der Waals surface area contributed by atoms with Crippen molar-refractivity contribution < 1.29 is 22.7 Å². The average molecular weight is 429 g/mol. The van der Waals surface area contributed by atoms with E-state index in [0.29, 0.717) is 47.6 Å². The van der Waals surface area contributed by atoms with Crippen molar-refractivity contribution in [1.82, 2.24) is 19.2 Å². The number of thiophene rings is 1. The lowest BCUT2D eigenvalue weighted by Crippen LogP contribution is -2.50. The lowest BCUT2D eigenvalue weighted by molar-refractivity contribution is 0.0702. The summed E-state index contributed by atoms with van der Waals surface area (Å²) in [6.07, 6.45) is 0. The molecule has 1 fully saturated rings. The molecule has 1 aliphatic rings. The highest BCUT2D eigenvalue weighted by Gasteiger charge is 2.30. The van der Waals surface area contributed by atoms with E-state index in [1.807, 2.05) is 6.92 Å². The molecule has 9 nitrogen and oxygen atoms in total. The summed E-state index contributed by atoms with van der Waals surface area (Å²) in [5.41, 5.74) is 0.773. The summed E-state index contributed by atoms with van der Waals surface area (Å²) in [6, 6.07) is 0. The summed E-state index contributed by atoms with van der Waals surface area (Å²) in [6.45, 7) is 5.08. The number of aromatic nitrogens is 2. The minimum absolute atomic E-state index is 0.0681. The van der Waals surface area contributed by atoms with E-state index in [-0.39, 0.29) is 18.3 Å². The minimum atomic E-state index is -3.23. The third-order valence-electron chi connectivity index (χ3n) is 4.75. The fourth-order valence-electron chi connectivity index (χ4n) is 3.19. The number of ether oxygens (including phenoxy) is 2. The van der Waals surface area contributed by atoms with Crippen LogP contribution in [0.25, 0.3) is 10.2 Å². The van der Waals surface area contributed by atoms with Crippen molar-refractivity contribution in [3.63, 3.8) is 0 Å². The van der Waals surface area contributed by atoms with E-state index in [9.17, 15) is 13.2 Å². The molecule has 0 bridgehead atoms. The zero-order valence-corrected chi connectivity index (χ0v) is 18.0. The Morgan fingerprint density at radius 3 is 2.43 bits per heavy atom. The van der Waals surface area contributed by atoms with Gasteiger partial charge in [0.25, 0.3) is 5.91 Å². The first-order chi connectivity index (χ1) is 13.3. The van der Waals surface area contributed by atoms with Gasteiger partial charge in [-0.1, -0.05) is 0 Å². The molecule has 28 heavy (non-hydrogen) atoms. The van der Waals surface area contributed by atoms with Gasteiger partial charge in [0, 0.05) is 33.3 Å². The van der Waals surface area contributed by atoms with Crippen LogP contribution >= 0.6 is 11.3 Å². The summed E-state index contributed by atoms with van der Waals surface area (Å²) in [5.74, 6) is 0.858. The summed E-state index contributed by atoms with van der Waals surface area (Å²) in [7, 11) is -0.137. The monoisotopic (exact) mass is 428 g/mol. The van der Waals surface area contributed by atoms with Crippen molar-refractivity contribution in [2.75, 3.05) is 46.2 Å². The number of carbonyl (C=O) groups is 1. The second-order valence-electron chi connectivity index (χ2n) is 6.41. The van der Waals surface area contributed by atoms with Crippen LogP contribution < -0.4 is 4.74 Å². The lowest BCUT2D eigenvalue weighted by atomic mass is 10.2. The quantitative estimate of drug-likeness (QED) is 0.682. The van der Waals surface area contributed by atoms with Crippen LogP contribution in [-0.4, -0.2) is 79.6 Å². The first-order valence-electron chi connectivity index (χ1n) is 8.92. The van der Waals surface area contributed by atoms with Crippen LogP contribution in [-0.2, 0) is 21.4 Å². The number of amides is 1. The van der Waals surface area contributed by atoms with Crippen molar-refractivity contribution in [2.45, 2.75) is 20.5 Å². The van der Waals surface area contributed by atoms with Crippen molar-refractivity contribution in [1.29, 1.82) is 0 Å². The van der Waals surface area contributed by atoms with Crippen molar-refractivity contribution >= 4 is 37.5 Å². The van der Waals surface area contributed by atoms with Crippen LogP contribution in [0.2, 0.25) is 0 Å². The molecule has 0 saturated carbocycles. The first-order valence-corrected chi connectivity index (χ1v) is 11.3. The van der Waals surface area contributed by atoms with E-state index in [1.54, 1.807) is 18.9 Å². The predicted molar refractivity (Wildman–Crippen MR) is 106 cm³/mol. The minimum Gasteiger partial charge on any atom is -0.480 e. The van der Waals surface area contributed by atoms with Gasteiger partial charge in [-0.25, -0.2) is 13.4 Å². The number of carbonyl (C=O) groups excluding carboxylic acids is 1. The molecule has 0 radical (unpaired) electrons. The molecule has 0 aliphatic carbocycles. The molecule has 0 spiro atoms. The fourth-order valence-corrected chi connectivity index (χ4v) is 5.43. The summed E-state index contributed by atoms with van der Waals surface area (Å²) >= 11 is 1.30. The second kappa shape index (κ2) is 8.27. The van der Waals surface area contributed by atoms with Gasteiger partial charge in [0.1, 0.15) is 11.4 Å². The molecule has 0 N–H and O–H groups in total. The molecule has 154 valence electrons. The van der Waals surface area contributed by atoms with Crippen molar-refractivity contribution in [2.24, 2.45) is 0 Å². The molecule has 0 atom stereocenters. The van der Waals surface area contributed by atoms with Gasteiger partial charge in [0.2, 0.25) is 15.9 Å². The number of fused-ring (bicyclic) bond motifs is 1. The molecule has 3 rings (SSSR count). The number of aryl methyl sites for hydroxylation is 1. The topological polar surface area (TPSA) is 102 Å². The summed E-state index contributed by atoms with van der Waals surface area (Å²) in [4.78, 5) is 24.9. The third kappa shape index (κ3) is 3.84. The van der Waals surface area contributed by atoms with Crippen LogP contribution in [0.4, 0.5) is 0 Å². The van der Waals surface area contributed by atoms with Crippen LogP contribution in [0.5, 0.6) is 5.88 Å². The first kappa shape index (κ1) is 20.9. The Bertz CT molecular complexity index is 981. The number of hydrogen-bond acceptors (Lipinski definition) is 8. The summed E-state index contributed by atoms with van der Waals surface area (Å²) < 4.78 is 36.0.